The average Bonchev–Trinajstić information content (AvgIpc) is 2.39. The first-order chi connectivity index (χ1) is 9.10. The number of methoxy groups -OCH3 is 1. The number of rotatable bonds is 3. The number of nitrogens with zero attached hydrogens (tertiary/aromatic N) is 1. The number of benzene rings is 1. The molecule has 4 nitrogen and oxygen atoms in total. The Morgan fingerprint density at radius 1 is 1.37 bits per heavy atom. The van der Waals surface area contributed by atoms with E-state index in [1.807, 2.05) is 0 Å². The number of halogens is 2. The molecule has 0 radical (unpaired) electrons. The molecule has 1 aromatic carbocycles. The van der Waals surface area contributed by atoms with E-state index in [2.05, 4.69) is 26.2 Å². The number of ether oxygens (including phenoxy) is 1. The minimum absolute atomic E-state index is 0.303. The summed E-state index contributed by atoms with van der Waals surface area (Å²) in [4.78, 5) is 16.0. The van der Waals surface area contributed by atoms with Crippen molar-refractivity contribution in [2.75, 3.05) is 12.4 Å². The zero-order chi connectivity index (χ0) is 13.8. The van der Waals surface area contributed by atoms with Crippen molar-refractivity contribution in [1.29, 1.82) is 0 Å². The highest BCUT2D eigenvalue weighted by molar-refractivity contribution is 9.10. The van der Waals surface area contributed by atoms with E-state index in [1.54, 1.807) is 36.5 Å². The Labute approximate surface area is 123 Å². The number of hydrogen-bond donors (Lipinski definition) is 1. The van der Waals surface area contributed by atoms with Crippen LogP contribution in [0.1, 0.15) is 10.5 Å². The molecule has 1 heterocycles. The van der Waals surface area contributed by atoms with Gasteiger partial charge < -0.3 is 10.1 Å². The first kappa shape index (κ1) is 13.8. The summed E-state index contributed by atoms with van der Waals surface area (Å²) in [5.74, 6) is 0.253. The second-order valence-electron chi connectivity index (χ2n) is 3.66. The average molecular weight is 342 g/mol. The molecular weight excluding hydrogens is 332 g/mol. The number of pyridine rings is 1. The number of hydrogen-bond acceptors (Lipinski definition) is 3. The van der Waals surface area contributed by atoms with Crippen LogP contribution in [0.4, 0.5) is 5.69 Å². The fourth-order valence-corrected chi connectivity index (χ4v) is 2.06. The van der Waals surface area contributed by atoms with Crippen LogP contribution in [0, 0.1) is 0 Å². The van der Waals surface area contributed by atoms with Gasteiger partial charge in [0.05, 0.1) is 12.1 Å². The highest BCUT2D eigenvalue weighted by Crippen LogP contribution is 2.27. The highest BCUT2D eigenvalue weighted by atomic mass is 79.9. The first-order valence-electron chi connectivity index (χ1n) is 5.36. The van der Waals surface area contributed by atoms with Crippen molar-refractivity contribution < 1.29 is 9.53 Å². The number of aromatic nitrogens is 1. The van der Waals surface area contributed by atoms with E-state index < -0.39 is 0 Å². The zero-order valence-corrected chi connectivity index (χ0v) is 12.3. The monoisotopic (exact) mass is 340 g/mol. The molecule has 1 N–H and O–H groups in total. The van der Waals surface area contributed by atoms with Crippen molar-refractivity contribution in [3.8, 4) is 5.75 Å². The minimum atomic E-state index is -0.303. The smallest absolute Gasteiger partial charge is 0.274 e. The third-order valence-corrected chi connectivity index (χ3v) is 3.15. The van der Waals surface area contributed by atoms with Gasteiger partial charge in [0, 0.05) is 16.4 Å². The molecule has 98 valence electrons. The summed E-state index contributed by atoms with van der Waals surface area (Å²) in [6.07, 6.45) is 1.56. The van der Waals surface area contributed by atoms with E-state index >= 15 is 0 Å². The van der Waals surface area contributed by atoms with Gasteiger partial charge in [-0.05, 0) is 30.3 Å². The zero-order valence-electron chi connectivity index (χ0n) is 9.98. The van der Waals surface area contributed by atoms with Crippen LogP contribution in [-0.2, 0) is 0 Å². The topological polar surface area (TPSA) is 51.2 Å². The summed E-state index contributed by atoms with van der Waals surface area (Å²) in [6, 6.07) is 8.41. The summed E-state index contributed by atoms with van der Waals surface area (Å²) >= 11 is 9.27. The molecule has 0 saturated carbocycles. The number of anilines is 1. The quantitative estimate of drug-likeness (QED) is 0.925. The lowest BCUT2D eigenvalue weighted by molar-refractivity contribution is 0.102. The molecule has 0 spiro atoms. The molecule has 0 atom stereocenters. The van der Waals surface area contributed by atoms with E-state index in [0.717, 1.165) is 4.47 Å². The van der Waals surface area contributed by atoms with Gasteiger partial charge >= 0.3 is 0 Å². The van der Waals surface area contributed by atoms with Crippen LogP contribution >= 0.6 is 27.5 Å². The lowest BCUT2D eigenvalue weighted by Gasteiger charge is -2.07. The van der Waals surface area contributed by atoms with Gasteiger partial charge in [-0.25, -0.2) is 0 Å². The second kappa shape index (κ2) is 6.04. The molecule has 2 rings (SSSR count). The van der Waals surface area contributed by atoms with Gasteiger partial charge in [-0.2, -0.15) is 0 Å². The Morgan fingerprint density at radius 3 is 2.79 bits per heavy atom. The van der Waals surface area contributed by atoms with Gasteiger partial charge in [-0.1, -0.05) is 27.5 Å². The van der Waals surface area contributed by atoms with Crippen molar-refractivity contribution >= 4 is 39.1 Å². The van der Waals surface area contributed by atoms with E-state index in [4.69, 9.17) is 16.3 Å². The van der Waals surface area contributed by atoms with E-state index in [9.17, 15) is 4.79 Å². The Bertz CT molecular complexity index is 619. The van der Waals surface area contributed by atoms with Crippen molar-refractivity contribution in [2.45, 2.75) is 0 Å². The fraction of sp³-hybridized carbons (Fsp3) is 0.0769. The molecule has 0 aliphatic carbocycles. The third-order valence-electron chi connectivity index (χ3n) is 2.36. The molecule has 1 aromatic heterocycles. The fourth-order valence-electron chi connectivity index (χ4n) is 1.47. The van der Waals surface area contributed by atoms with Crippen LogP contribution in [0.25, 0.3) is 0 Å². The SMILES string of the molecule is COc1ccc(NC(=O)c2cc(Br)ccn2)cc1Cl. The predicted octanol–water partition coefficient (Wildman–Crippen LogP) is 3.76. The van der Waals surface area contributed by atoms with Crippen LogP contribution in [0.3, 0.4) is 0 Å². The van der Waals surface area contributed by atoms with Crippen LogP contribution in [0.2, 0.25) is 5.02 Å². The van der Waals surface area contributed by atoms with Gasteiger partial charge in [0.1, 0.15) is 11.4 Å². The third kappa shape index (κ3) is 3.45. The molecule has 6 heteroatoms. The van der Waals surface area contributed by atoms with E-state index in [-0.39, 0.29) is 5.91 Å². The molecule has 19 heavy (non-hydrogen) atoms. The van der Waals surface area contributed by atoms with E-state index in [0.29, 0.717) is 22.2 Å². The summed E-state index contributed by atoms with van der Waals surface area (Å²) in [6.45, 7) is 0. The molecule has 0 aliphatic rings. The van der Waals surface area contributed by atoms with Crippen molar-refractivity contribution in [1.82, 2.24) is 4.98 Å². The van der Waals surface area contributed by atoms with Gasteiger partial charge in [0.25, 0.3) is 5.91 Å². The normalized spacial score (nSPS) is 10.1. The number of carbonyl (C=O) groups excluding carboxylic acids is 1. The maximum Gasteiger partial charge on any atom is 0.274 e. The van der Waals surface area contributed by atoms with E-state index in [1.165, 1.54) is 7.11 Å². The summed E-state index contributed by atoms with van der Waals surface area (Å²) < 4.78 is 5.83. The largest absolute Gasteiger partial charge is 0.495 e. The van der Waals surface area contributed by atoms with Crippen molar-refractivity contribution in [2.24, 2.45) is 0 Å². The Hall–Kier alpha value is -1.59. The lowest BCUT2D eigenvalue weighted by Crippen LogP contribution is -2.13. The van der Waals surface area contributed by atoms with Crippen molar-refractivity contribution in [3.05, 3.63) is 51.7 Å². The van der Waals surface area contributed by atoms with Crippen LogP contribution in [-0.4, -0.2) is 18.0 Å². The summed E-state index contributed by atoms with van der Waals surface area (Å²) in [7, 11) is 1.53. The Morgan fingerprint density at radius 2 is 2.16 bits per heavy atom. The maximum atomic E-state index is 12.0. The number of nitrogens with one attached hydrogen (secondary N) is 1. The highest BCUT2D eigenvalue weighted by Gasteiger charge is 2.09. The molecule has 0 unspecified atom stereocenters. The summed E-state index contributed by atoms with van der Waals surface area (Å²) in [5.41, 5.74) is 0.902. The summed E-state index contributed by atoms with van der Waals surface area (Å²) in [5, 5.41) is 3.15. The number of amides is 1. The van der Waals surface area contributed by atoms with Crippen LogP contribution < -0.4 is 10.1 Å². The maximum absolute atomic E-state index is 12.0. The predicted molar refractivity (Wildman–Crippen MR) is 77.9 cm³/mol. The van der Waals surface area contributed by atoms with Gasteiger partial charge in [-0.15, -0.1) is 0 Å². The molecule has 0 fully saturated rings. The Balaban J connectivity index is 2.17. The second-order valence-corrected chi connectivity index (χ2v) is 4.99. The first-order valence-corrected chi connectivity index (χ1v) is 6.53. The standard InChI is InChI=1S/C13H10BrClN2O2/c1-19-12-3-2-9(7-10(12)15)17-13(18)11-6-8(14)4-5-16-11/h2-7H,1H3,(H,17,18). The lowest BCUT2D eigenvalue weighted by atomic mass is 10.2. The molecule has 2 aromatic rings. The van der Waals surface area contributed by atoms with Crippen molar-refractivity contribution in [3.63, 3.8) is 0 Å². The van der Waals surface area contributed by atoms with Gasteiger partial charge in [-0.3, -0.25) is 9.78 Å². The van der Waals surface area contributed by atoms with Crippen LogP contribution in [0.5, 0.6) is 5.75 Å². The van der Waals surface area contributed by atoms with Gasteiger partial charge in [0.2, 0.25) is 0 Å². The molecular formula is C13H10BrClN2O2. The number of carbonyl (C=O) groups is 1. The molecule has 1 amide bonds. The van der Waals surface area contributed by atoms with Crippen LogP contribution in [0.15, 0.2) is 41.0 Å². The minimum Gasteiger partial charge on any atom is -0.495 e. The molecule has 0 aliphatic heterocycles. The van der Waals surface area contributed by atoms with Gasteiger partial charge in [0.15, 0.2) is 0 Å². The molecule has 0 saturated heterocycles. The Kier molecular flexibility index (Phi) is 4.39. The molecule has 0 bridgehead atoms.